The lowest BCUT2D eigenvalue weighted by Gasteiger charge is -2.07. The Hall–Kier alpha value is -1.58. The number of ether oxygens (including phenoxy) is 1. The molecular weight excluding hydrogens is 243 g/mol. The Morgan fingerprint density at radius 2 is 1.94 bits per heavy atom. The molecule has 17 heavy (non-hydrogen) atoms. The van der Waals surface area contributed by atoms with Gasteiger partial charge in [0.05, 0.1) is 6.61 Å². The van der Waals surface area contributed by atoms with Gasteiger partial charge in [-0.1, -0.05) is 17.7 Å². The van der Waals surface area contributed by atoms with Crippen LogP contribution < -0.4 is 4.74 Å². The monoisotopic (exact) mass is 252 g/mol. The quantitative estimate of drug-likeness (QED) is 0.901. The van der Waals surface area contributed by atoms with Crippen molar-refractivity contribution in [3.05, 3.63) is 58.9 Å². The van der Waals surface area contributed by atoms with Crippen molar-refractivity contribution in [2.75, 3.05) is 0 Å². The Morgan fingerprint density at radius 3 is 2.65 bits per heavy atom. The lowest BCUT2D eigenvalue weighted by Crippen LogP contribution is -1.90. The van der Waals surface area contributed by atoms with Gasteiger partial charge in [-0.25, -0.2) is 4.39 Å². The first-order valence-electron chi connectivity index (χ1n) is 5.01. The van der Waals surface area contributed by atoms with E-state index in [0.717, 1.165) is 0 Å². The van der Waals surface area contributed by atoms with Crippen molar-refractivity contribution in [3.8, 4) is 11.5 Å². The van der Waals surface area contributed by atoms with Crippen LogP contribution in [0.2, 0.25) is 5.02 Å². The fourth-order valence-electron chi connectivity index (χ4n) is 1.44. The molecule has 0 unspecified atom stereocenters. The summed E-state index contributed by atoms with van der Waals surface area (Å²) < 4.78 is 18.6. The van der Waals surface area contributed by atoms with Crippen LogP contribution in [0, 0.1) is 5.82 Å². The van der Waals surface area contributed by atoms with E-state index in [0.29, 0.717) is 22.1 Å². The first-order valence-corrected chi connectivity index (χ1v) is 5.39. The van der Waals surface area contributed by atoms with Gasteiger partial charge in [0.2, 0.25) is 0 Å². The zero-order chi connectivity index (χ0) is 12.3. The van der Waals surface area contributed by atoms with Crippen molar-refractivity contribution >= 4 is 11.6 Å². The predicted octanol–water partition coefficient (Wildman–Crippen LogP) is 3.76. The maximum Gasteiger partial charge on any atom is 0.130 e. The number of aliphatic hydroxyl groups excluding tert-OH is 1. The molecule has 0 aliphatic heterocycles. The van der Waals surface area contributed by atoms with Crippen LogP contribution in [-0.4, -0.2) is 5.11 Å². The van der Waals surface area contributed by atoms with Gasteiger partial charge in [0.1, 0.15) is 17.3 Å². The number of benzene rings is 2. The lowest BCUT2D eigenvalue weighted by atomic mass is 10.2. The summed E-state index contributed by atoms with van der Waals surface area (Å²) in [5.74, 6) is 0.400. The largest absolute Gasteiger partial charge is 0.457 e. The SMILES string of the molecule is OCc1cc(F)cc(Oc2cccc(Cl)c2)c1. The van der Waals surface area contributed by atoms with Crippen LogP contribution >= 0.6 is 11.6 Å². The summed E-state index contributed by atoms with van der Waals surface area (Å²) in [4.78, 5) is 0. The Labute approximate surface area is 103 Å². The van der Waals surface area contributed by atoms with Crippen LogP contribution in [0.25, 0.3) is 0 Å². The van der Waals surface area contributed by atoms with E-state index in [-0.39, 0.29) is 6.61 Å². The van der Waals surface area contributed by atoms with Crippen molar-refractivity contribution in [2.24, 2.45) is 0 Å². The minimum absolute atomic E-state index is 0.232. The zero-order valence-electron chi connectivity index (χ0n) is 8.86. The van der Waals surface area contributed by atoms with Crippen molar-refractivity contribution in [1.82, 2.24) is 0 Å². The molecule has 1 N–H and O–H groups in total. The second-order valence-corrected chi connectivity index (χ2v) is 3.95. The maximum atomic E-state index is 13.2. The summed E-state index contributed by atoms with van der Waals surface area (Å²) in [6, 6.07) is 10.9. The molecule has 0 radical (unpaired) electrons. The van der Waals surface area contributed by atoms with Crippen LogP contribution in [0.4, 0.5) is 4.39 Å². The van der Waals surface area contributed by atoms with Crippen molar-refractivity contribution in [1.29, 1.82) is 0 Å². The third-order valence-corrected chi connectivity index (χ3v) is 2.38. The lowest BCUT2D eigenvalue weighted by molar-refractivity contribution is 0.280. The minimum Gasteiger partial charge on any atom is -0.457 e. The molecule has 0 fully saturated rings. The van der Waals surface area contributed by atoms with Gasteiger partial charge < -0.3 is 9.84 Å². The minimum atomic E-state index is -0.450. The number of hydrogen-bond donors (Lipinski definition) is 1. The third kappa shape index (κ3) is 3.19. The van der Waals surface area contributed by atoms with E-state index in [2.05, 4.69) is 0 Å². The Morgan fingerprint density at radius 1 is 1.12 bits per heavy atom. The maximum absolute atomic E-state index is 13.2. The van der Waals surface area contributed by atoms with E-state index >= 15 is 0 Å². The summed E-state index contributed by atoms with van der Waals surface area (Å²) in [7, 11) is 0. The molecule has 0 saturated heterocycles. The highest BCUT2D eigenvalue weighted by Crippen LogP contribution is 2.25. The van der Waals surface area contributed by atoms with Crippen LogP contribution in [0.5, 0.6) is 11.5 Å². The van der Waals surface area contributed by atoms with E-state index < -0.39 is 5.82 Å². The summed E-state index contributed by atoms with van der Waals surface area (Å²) in [6.07, 6.45) is 0. The fraction of sp³-hybridized carbons (Fsp3) is 0.0769. The van der Waals surface area contributed by atoms with E-state index in [9.17, 15) is 4.39 Å². The Kier molecular flexibility index (Phi) is 3.61. The van der Waals surface area contributed by atoms with Crippen molar-refractivity contribution in [3.63, 3.8) is 0 Å². The smallest absolute Gasteiger partial charge is 0.130 e. The molecule has 2 aromatic rings. The highest BCUT2D eigenvalue weighted by molar-refractivity contribution is 6.30. The van der Waals surface area contributed by atoms with Crippen LogP contribution in [0.1, 0.15) is 5.56 Å². The number of rotatable bonds is 3. The average molecular weight is 253 g/mol. The van der Waals surface area contributed by atoms with E-state index in [4.69, 9.17) is 21.4 Å². The van der Waals surface area contributed by atoms with Crippen LogP contribution in [0.15, 0.2) is 42.5 Å². The molecule has 0 aromatic heterocycles. The van der Waals surface area contributed by atoms with Gasteiger partial charge >= 0.3 is 0 Å². The van der Waals surface area contributed by atoms with Crippen molar-refractivity contribution < 1.29 is 14.2 Å². The van der Waals surface area contributed by atoms with Gasteiger partial charge in [-0.3, -0.25) is 0 Å². The van der Waals surface area contributed by atoms with E-state index in [1.165, 1.54) is 12.1 Å². The van der Waals surface area contributed by atoms with Crippen LogP contribution in [-0.2, 0) is 6.61 Å². The van der Waals surface area contributed by atoms with E-state index in [1.807, 2.05) is 0 Å². The first kappa shape index (κ1) is 11.9. The third-order valence-electron chi connectivity index (χ3n) is 2.15. The predicted molar refractivity (Wildman–Crippen MR) is 63.8 cm³/mol. The molecule has 0 aliphatic carbocycles. The first-order chi connectivity index (χ1) is 8.17. The molecule has 0 bridgehead atoms. The van der Waals surface area contributed by atoms with Gasteiger partial charge in [-0.15, -0.1) is 0 Å². The van der Waals surface area contributed by atoms with Crippen LogP contribution in [0.3, 0.4) is 0 Å². The fourth-order valence-corrected chi connectivity index (χ4v) is 1.62. The van der Waals surface area contributed by atoms with Crippen molar-refractivity contribution in [2.45, 2.75) is 6.61 Å². The summed E-state index contributed by atoms with van der Waals surface area (Å²) in [6.45, 7) is -0.232. The Bertz CT molecular complexity index is 529. The highest BCUT2D eigenvalue weighted by Gasteiger charge is 2.03. The van der Waals surface area contributed by atoms with Gasteiger partial charge in [-0.05, 0) is 35.9 Å². The molecule has 0 spiro atoms. The van der Waals surface area contributed by atoms with Gasteiger partial charge in [0.15, 0.2) is 0 Å². The molecule has 0 saturated carbocycles. The molecule has 88 valence electrons. The number of hydrogen-bond acceptors (Lipinski definition) is 2. The molecule has 2 nitrogen and oxygen atoms in total. The molecule has 4 heteroatoms. The van der Waals surface area contributed by atoms with Gasteiger partial charge in [0.25, 0.3) is 0 Å². The second kappa shape index (κ2) is 5.17. The summed E-state index contributed by atoms with van der Waals surface area (Å²) in [5.41, 5.74) is 0.460. The standard InChI is InChI=1S/C13H10ClFO2/c14-10-2-1-3-12(6-10)17-13-5-9(8-16)4-11(15)7-13/h1-7,16H,8H2. The summed E-state index contributed by atoms with van der Waals surface area (Å²) >= 11 is 5.81. The van der Waals surface area contributed by atoms with Gasteiger partial charge in [-0.2, -0.15) is 0 Å². The summed E-state index contributed by atoms with van der Waals surface area (Å²) in [5, 5.41) is 9.50. The number of aliphatic hydroxyl groups is 1. The molecule has 0 heterocycles. The Balaban J connectivity index is 2.26. The second-order valence-electron chi connectivity index (χ2n) is 3.51. The molecular formula is C13H10ClFO2. The highest BCUT2D eigenvalue weighted by atomic mass is 35.5. The molecule has 2 aromatic carbocycles. The average Bonchev–Trinajstić information content (AvgIpc) is 2.28. The normalized spacial score (nSPS) is 10.3. The molecule has 0 amide bonds. The van der Waals surface area contributed by atoms with E-state index in [1.54, 1.807) is 30.3 Å². The van der Waals surface area contributed by atoms with Gasteiger partial charge in [0, 0.05) is 11.1 Å². The topological polar surface area (TPSA) is 29.5 Å². The zero-order valence-corrected chi connectivity index (χ0v) is 9.62. The molecule has 2 rings (SSSR count). The number of halogens is 2. The molecule has 0 aliphatic rings. The molecule has 0 atom stereocenters.